The number of hydrogen-bond acceptors (Lipinski definition) is 4. The smallest absolute Gasteiger partial charge is 0.269 e. The Labute approximate surface area is 121 Å². The third-order valence-electron chi connectivity index (χ3n) is 2.71. The van der Waals surface area contributed by atoms with Crippen molar-refractivity contribution >= 4 is 15.9 Å². The summed E-state index contributed by atoms with van der Waals surface area (Å²) >= 11 is 0. The molecule has 0 spiro atoms. The van der Waals surface area contributed by atoms with Crippen molar-refractivity contribution in [1.29, 1.82) is 0 Å². The van der Waals surface area contributed by atoms with Crippen molar-refractivity contribution in [3.63, 3.8) is 0 Å². The molecule has 8 heteroatoms. The van der Waals surface area contributed by atoms with Crippen LogP contribution in [0, 0.1) is 19.7 Å². The van der Waals surface area contributed by atoms with E-state index in [9.17, 15) is 17.6 Å². The van der Waals surface area contributed by atoms with E-state index in [2.05, 4.69) is 0 Å². The molecule has 0 radical (unpaired) electrons. The summed E-state index contributed by atoms with van der Waals surface area (Å²) in [5.41, 5.74) is 2.21. The second kappa shape index (κ2) is 5.66. The van der Waals surface area contributed by atoms with Crippen LogP contribution in [-0.2, 0) is 10.0 Å². The van der Waals surface area contributed by atoms with Gasteiger partial charge in [0.15, 0.2) is 0 Å². The van der Waals surface area contributed by atoms with E-state index in [4.69, 9.17) is 4.42 Å². The Morgan fingerprint density at radius 2 is 1.90 bits per heavy atom. The number of sulfonamides is 1. The second-order valence-corrected chi connectivity index (χ2v) is 5.97. The first-order valence-electron chi connectivity index (χ1n) is 5.95. The quantitative estimate of drug-likeness (QED) is 0.840. The number of nitrogens with one attached hydrogen (secondary N) is 2. The third kappa shape index (κ3) is 3.29. The number of carbonyl (C=O) groups is 1. The molecule has 0 saturated heterocycles. The highest BCUT2D eigenvalue weighted by molar-refractivity contribution is 7.89. The van der Waals surface area contributed by atoms with Crippen LogP contribution in [0.4, 0.5) is 4.39 Å². The number of halogens is 1. The van der Waals surface area contributed by atoms with E-state index in [0.717, 1.165) is 12.1 Å². The molecule has 0 aliphatic heterocycles. The molecule has 0 saturated carbocycles. The maximum Gasteiger partial charge on any atom is 0.269 e. The van der Waals surface area contributed by atoms with Crippen LogP contribution >= 0.6 is 0 Å². The summed E-state index contributed by atoms with van der Waals surface area (Å²) in [6.07, 6.45) is 0. The summed E-state index contributed by atoms with van der Waals surface area (Å²) in [4.78, 5) is 13.1. The number of furan rings is 1. The monoisotopic (exact) mass is 312 g/mol. The first kappa shape index (κ1) is 15.2. The lowest BCUT2D eigenvalue weighted by atomic mass is 10.2. The molecule has 0 unspecified atom stereocenters. The largest absolute Gasteiger partial charge is 0.466 e. The van der Waals surface area contributed by atoms with Crippen molar-refractivity contribution in [2.75, 3.05) is 0 Å². The number of rotatable bonds is 4. The molecule has 0 aliphatic rings. The minimum Gasteiger partial charge on any atom is -0.466 e. The average Bonchev–Trinajstić information content (AvgIpc) is 2.75. The highest BCUT2D eigenvalue weighted by Gasteiger charge is 2.20. The lowest BCUT2D eigenvalue weighted by molar-refractivity contribution is 0.0943. The van der Waals surface area contributed by atoms with Crippen LogP contribution in [0.15, 0.2) is 39.6 Å². The first-order valence-corrected chi connectivity index (χ1v) is 7.43. The van der Waals surface area contributed by atoms with Gasteiger partial charge in [-0.05, 0) is 32.0 Å². The Hall–Kier alpha value is -2.19. The summed E-state index contributed by atoms with van der Waals surface area (Å²) in [6.45, 7) is 3.24. The normalized spacial score (nSPS) is 11.4. The van der Waals surface area contributed by atoms with E-state index in [1.165, 1.54) is 18.2 Å². The maximum absolute atomic E-state index is 13.5. The zero-order chi connectivity index (χ0) is 15.6. The zero-order valence-corrected chi connectivity index (χ0v) is 12.1. The Bertz CT molecular complexity index is 783. The van der Waals surface area contributed by atoms with Crippen LogP contribution in [0.2, 0.25) is 0 Å². The molecule has 6 nitrogen and oxygen atoms in total. The molecule has 0 atom stereocenters. The standard InChI is InChI=1S/C13H13FN2O4S/c1-8-7-10(9(2)20-8)13(17)15-16-21(18,19)12-6-4-3-5-11(12)14/h3-7,16H,1-2H3,(H,15,17). The minimum atomic E-state index is -4.19. The highest BCUT2D eigenvalue weighted by Crippen LogP contribution is 2.14. The van der Waals surface area contributed by atoms with Gasteiger partial charge in [0.1, 0.15) is 22.2 Å². The molecule has 1 heterocycles. The third-order valence-corrected chi connectivity index (χ3v) is 3.99. The van der Waals surface area contributed by atoms with Crippen molar-refractivity contribution in [1.82, 2.24) is 10.3 Å². The maximum atomic E-state index is 13.5. The van der Waals surface area contributed by atoms with Crippen molar-refractivity contribution in [2.45, 2.75) is 18.7 Å². The SMILES string of the molecule is Cc1cc(C(=O)NNS(=O)(=O)c2ccccc2F)c(C)o1. The number of aryl methyl sites for hydroxylation is 2. The number of benzene rings is 1. The second-order valence-electron chi connectivity index (χ2n) is 4.32. The van der Waals surface area contributed by atoms with Gasteiger partial charge in [0.05, 0.1) is 5.56 Å². The van der Waals surface area contributed by atoms with Crippen molar-refractivity contribution in [3.8, 4) is 0 Å². The van der Waals surface area contributed by atoms with E-state index >= 15 is 0 Å². The molecule has 0 fully saturated rings. The van der Waals surface area contributed by atoms with Crippen LogP contribution < -0.4 is 10.3 Å². The molecule has 2 rings (SSSR count). The molecule has 1 amide bonds. The van der Waals surface area contributed by atoms with Gasteiger partial charge in [0.25, 0.3) is 15.9 Å². The van der Waals surface area contributed by atoms with Crippen LogP contribution in [0.3, 0.4) is 0 Å². The number of hydrazine groups is 1. The molecule has 0 bridgehead atoms. The minimum absolute atomic E-state index is 0.198. The fourth-order valence-electron chi connectivity index (χ4n) is 1.75. The zero-order valence-electron chi connectivity index (χ0n) is 11.3. The van der Waals surface area contributed by atoms with Gasteiger partial charge in [-0.25, -0.2) is 12.8 Å². The molecule has 2 aromatic rings. The van der Waals surface area contributed by atoms with Gasteiger partial charge in [-0.2, -0.15) is 0 Å². The lowest BCUT2D eigenvalue weighted by Crippen LogP contribution is -2.41. The molecule has 0 aliphatic carbocycles. The summed E-state index contributed by atoms with van der Waals surface area (Å²) in [6, 6.07) is 6.33. The van der Waals surface area contributed by atoms with Gasteiger partial charge in [-0.15, -0.1) is 4.83 Å². The molecular weight excluding hydrogens is 299 g/mol. The molecule has 1 aromatic carbocycles. The molecule has 1 aromatic heterocycles. The average molecular weight is 312 g/mol. The molecule has 21 heavy (non-hydrogen) atoms. The van der Waals surface area contributed by atoms with Gasteiger partial charge in [-0.3, -0.25) is 10.2 Å². The predicted molar refractivity (Wildman–Crippen MR) is 72.4 cm³/mol. The van der Waals surface area contributed by atoms with E-state index in [1.54, 1.807) is 13.8 Å². The lowest BCUT2D eigenvalue weighted by Gasteiger charge is -2.08. The fourth-order valence-corrected chi connectivity index (χ4v) is 2.67. The van der Waals surface area contributed by atoms with Gasteiger partial charge in [0, 0.05) is 0 Å². The predicted octanol–water partition coefficient (Wildman–Crippen LogP) is 1.66. The van der Waals surface area contributed by atoms with Gasteiger partial charge < -0.3 is 4.42 Å². The molecule has 112 valence electrons. The van der Waals surface area contributed by atoms with Crippen molar-refractivity contribution < 1.29 is 22.0 Å². The number of hydrogen-bond donors (Lipinski definition) is 2. The Morgan fingerprint density at radius 1 is 1.24 bits per heavy atom. The van der Waals surface area contributed by atoms with Crippen LogP contribution in [0.25, 0.3) is 0 Å². The van der Waals surface area contributed by atoms with Gasteiger partial charge in [0.2, 0.25) is 0 Å². The van der Waals surface area contributed by atoms with Crippen molar-refractivity contribution in [2.24, 2.45) is 0 Å². The van der Waals surface area contributed by atoms with Crippen LogP contribution in [0.1, 0.15) is 21.9 Å². The van der Waals surface area contributed by atoms with Crippen molar-refractivity contribution in [3.05, 3.63) is 53.2 Å². The molecular formula is C13H13FN2O4S. The Balaban J connectivity index is 2.14. The molecule has 2 N–H and O–H groups in total. The summed E-state index contributed by atoms with van der Waals surface area (Å²) < 4.78 is 42.4. The summed E-state index contributed by atoms with van der Waals surface area (Å²) in [7, 11) is -4.19. The van der Waals surface area contributed by atoms with Crippen LogP contribution in [-0.4, -0.2) is 14.3 Å². The first-order chi connectivity index (χ1) is 9.81. The van der Waals surface area contributed by atoms with E-state index in [1.807, 2.05) is 10.3 Å². The summed E-state index contributed by atoms with van der Waals surface area (Å²) in [5, 5.41) is 0. The highest BCUT2D eigenvalue weighted by atomic mass is 32.2. The van der Waals surface area contributed by atoms with Gasteiger partial charge >= 0.3 is 0 Å². The Morgan fingerprint density at radius 3 is 2.48 bits per heavy atom. The fraction of sp³-hybridized carbons (Fsp3) is 0.154. The van der Waals surface area contributed by atoms with E-state index < -0.39 is 26.6 Å². The summed E-state index contributed by atoms with van der Waals surface area (Å²) in [5.74, 6) is -0.719. The topological polar surface area (TPSA) is 88.4 Å². The van der Waals surface area contributed by atoms with Gasteiger partial charge in [-0.1, -0.05) is 12.1 Å². The van der Waals surface area contributed by atoms with Crippen LogP contribution in [0.5, 0.6) is 0 Å². The Kier molecular flexibility index (Phi) is 4.10. The number of carbonyl (C=O) groups excluding carboxylic acids is 1. The van der Waals surface area contributed by atoms with E-state index in [-0.39, 0.29) is 5.56 Å². The van der Waals surface area contributed by atoms with E-state index in [0.29, 0.717) is 11.5 Å². The number of amides is 1.